The Balaban J connectivity index is 2.01. The first-order valence-corrected chi connectivity index (χ1v) is 6.67. The van der Waals surface area contributed by atoms with E-state index in [0.717, 1.165) is 11.3 Å². The summed E-state index contributed by atoms with van der Waals surface area (Å²) in [7, 11) is -4.03. The second-order valence-electron chi connectivity index (χ2n) is 3.68. The van der Waals surface area contributed by atoms with E-state index >= 15 is 0 Å². The Kier molecular flexibility index (Phi) is 3.10. The Labute approximate surface area is 92.9 Å². The van der Waals surface area contributed by atoms with E-state index < -0.39 is 13.7 Å². The second-order valence-corrected chi connectivity index (χ2v) is 5.38. The van der Waals surface area contributed by atoms with Crippen LogP contribution in [-0.2, 0) is 9.40 Å². The van der Waals surface area contributed by atoms with Gasteiger partial charge in [-0.1, -0.05) is 35.5 Å². The molecule has 0 radical (unpaired) electrons. The molecule has 6 heteroatoms. The average molecular weight is 241 g/mol. The summed E-state index contributed by atoms with van der Waals surface area (Å²) in [6.07, 6.45) is -0.363. The zero-order chi connectivity index (χ0) is 11.6. The van der Waals surface area contributed by atoms with Crippen molar-refractivity contribution in [3.05, 3.63) is 35.9 Å². The molecule has 0 amide bonds. The minimum absolute atomic E-state index is 0.285. The van der Waals surface area contributed by atoms with Gasteiger partial charge in [0, 0.05) is 6.42 Å². The number of hydrogen-bond acceptors (Lipinski definition) is 3. The normalized spacial score (nSPS) is 20.4. The lowest BCUT2D eigenvalue weighted by Crippen LogP contribution is -2.13. The first-order chi connectivity index (χ1) is 7.54. The summed E-state index contributed by atoms with van der Waals surface area (Å²) in [6.45, 7) is 0. The predicted molar refractivity (Wildman–Crippen MR) is 59.4 cm³/mol. The Hall–Kier alpha value is -1.16. The molecule has 0 spiro atoms. The monoisotopic (exact) mass is 241 g/mol. The van der Waals surface area contributed by atoms with Crippen LogP contribution >= 0.6 is 7.60 Å². The molecule has 2 rings (SSSR count). The van der Waals surface area contributed by atoms with Crippen molar-refractivity contribution in [3.8, 4) is 0 Å². The SMILES string of the molecule is O=P(O)(O)CC1CC(c2ccccc2)=NO1. The Morgan fingerprint density at radius 2 is 2.06 bits per heavy atom. The molecule has 0 aliphatic carbocycles. The van der Waals surface area contributed by atoms with Gasteiger partial charge in [0.25, 0.3) is 0 Å². The van der Waals surface area contributed by atoms with Crippen LogP contribution in [0.2, 0.25) is 0 Å². The first-order valence-electron chi connectivity index (χ1n) is 4.87. The Bertz CT molecular complexity index is 439. The number of oxime groups is 1. The molecule has 1 aromatic carbocycles. The van der Waals surface area contributed by atoms with E-state index in [0.29, 0.717) is 6.42 Å². The van der Waals surface area contributed by atoms with Crippen LogP contribution in [0.3, 0.4) is 0 Å². The molecule has 1 atom stereocenters. The summed E-state index contributed by atoms with van der Waals surface area (Å²) in [4.78, 5) is 22.6. The van der Waals surface area contributed by atoms with Gasteiger partial charge in [0.15, 0.2) is 0 Å². The first kappa shape index (κ1) is 11.3. The lowest BCUT2D eigenvalue weighted by atomic mass is 10.1. The van der Waals surface area contributed by atoms with Gasteiger partial charge < -0.3 is 14.6 Å². The molecule has 0 fully saturated rings. The zero-order valence-corrected chi connectivity index (χ0v) is 9.38. The minimum Gasteiger partial charge on any atom is -0.391 e. The fourth-order valence-electron chi connectivity index (χ4n) is 1.59. The molecule has 2 N–H and O–H groups in total. The van der Waals surface area contributed by atoms with Crippen LogP contribution in [0.1, 0.15) is 12.0 Å². The van der Waals surface area contributed by atoms with Crippen LogP contribution in [0.4, 0.5) is 0 Å². The molecule has 0 aromatic heterocycles. The summed E-state index contributed by atoms with van der Waals surface area (Å²) in [5.41, 5.74) is 1.66. The number of benzene rings is 1. The van der Waals surface area contributed by atoms with Crippen molar-refractivity contribution < 1.29 is 19.2 Å². The highest BCUT2D eigenvalue weighted by Gasteiger charge is 2.29. The maximum Gasteiger partial charge on any atom is 0.329 e. The number of nitrogens with zero attached hydrogens (tertiary/aromatic N) is 1. The quantitative estimate of drug-likeness (QED) is 0.783. The van der Waals surface area contributed by atoms with Crippen LogP contribution in [-0.4, -0.2) is 27.8 Å². The predicted octanol–water partition coefficient (Wildman–Crippen LogP) is 1.36. The van der Waals surface area contributed by atoms with Crippen molar-refractivity contribution in [2.45, 2.75) is 12.5 Å². The molecule has 1 aromatic rings. The lowest BCUT2D eigenvalue weighted by Gasteiger charge is -2.08. The number of hydrogen-bond donors (Lipinski definition) is 2. The third-order valence-corrected chi connectivity index (χ3v) is 3.16. The smallest absolute Gasteiger partial charge is 0.329 e. The molecule has 86 valence electrons. The Morgan fingerprint density at radius 3 is 2.69 bits per heavy atom. The highest BCUT2D eigenvalue weighted by molar-refractivity contribution is 7.51. The standard InChI is InChI=1S/C10H12NO4P/c12-16(13,14)7-9-6-10(11-15-9)8-4-2-1-3-5-8/h1-5,9H,6-7H2,(H2,12,13,14). The molecule has 1 aliphatic rings. The highest BCUT2D eigenvalue weighted by Crippen LogP contribution is 2.37. The largest absolute Gasteiger partial charge is 0.391 e. The average Bonchev–Trinajstić information content (AvgIpc) is 2.65. The minimum atomic E-state index is -4.03. The number of rotatable bonds is 3. The summed E-state index contributed by atoms with van der Waals surface area (Å²) in [6, 6.07) is 9.44. The molecule has 16 heavy (non-hydrogen) atoms. The molecule has 1 unspecified atom stereocenters. The van der Waals surface area contributed by atoms with Crippen molar-refractivity contribution in [2.75, 3.05) is 6.16 Å². The summed E-state index contributed by atoms with van der Waals surface area (Å²) in [5.74, 6) is 0. The van der Waals surface area contributed by atoms with E-state index in [2.05, 4.69) is 5.16 Å². The van der Waals surface area contributed by atoms with E-state index in [1.54, 1.807) is 0 Å². The van der Waals surface area contributed by atoms with Gasteiger partial charge in [0.05, 0.1) is 11.9 Å². The van der Waals surface area contributed by atoms with E-state index in [4.69, 9.17) is 14.6 Å². The van der Waals surface area contributed by atoms with Gasteiger partial charge in [-0.05, 0) is 5.56 Å². The van der Waals surface area contributed by atoms with Crippen molar-refractivity contribution in [1.29, 1.82) is 0 Å². The van der Waals surface area contributed by atoms with Crippen LogP contribution in [0.25, 0.3) is 0 Å². The molecule has 0 bridgehead atoms. The van der Waals surface area contributed by atoms with Gasteiger partial charge in [-0.25, -0.2) is 0 Å². The fourth-order valence-corrected chi connectivity index (χ4v) is 2.32. The molecular formula is C10H12NO4P. The maximum atomic E-state index is 10.8. The lowest BCUT2D eigenvalue weighted by molar-refractivity contribution is 0.0977. The van der Waals surface area contributed by atoms with Crippen molar-refractivity contribution in [1.82, 2.24) is 0 Å². The molecule has 0 saturated heterocycles. The van der Waals surface area contributed by atoms with Crippen molar-refractivity contribution >= 4 is 13.3 Å². The van der Waals surface area contributed by atoms with E-state index in [1.807, 2.05) is 30.3 Å². The molecule has 1 heterocycles. The van der Waals surface area contributed by atoms with Gasteiger partial charge >= 0.3 is 7.60 Å². The fraction of sp³-hybridized carbons (Fsp3) is 0.300. The third-order valence-electron chi connectivity index (χ3n) is 2.28. The van der Waals surface area contributed by atoms with Crippen molar-refractivity contribution in [2.24, 2.45) is 5.16 Å². The second kappa shape index (κ2) is 4.37. The molecule has 1 aliphatic heterocycles. The summed E-state index contributed by atoms with van der Waals surface area (Å²) >= 11 is 0. The highest BCUT2D eigenvalue weighted by atomic mass is 31.2. The van der Waals surface area contributed by atoms with E-state index in [-0.39, 0.29) is 6.16 Å². The van der Waals surface area contributed by atoms with Crippen LogP contribution in [0.15, 0.2) is 35.5 Å². The van der Waals surface area contributed by atoms with E-state index in [1.165, 1.54) is 0 Å². The zero-order valence-electron chi connectivity index (χ0n) is 8.48. The molecule has 5 nitrogen and oxygen atoms in total. The van der Waals surface area contributed by atoms with Gasteiger partial charge in [0.1, 0.15) is 6.10 Å². The van der Waals surface area contributed by atoms with Crippen LogP contribution in [0, 0.1) is 0 Å². The van der Waals surface area contributed by atoms with Crippen molar-refractivity contribution in [3.63, 3.8) is 0 Å². The van der Waals surface area contributed by atoms with Gasteiger partial charge in [-0.3, -0.25) is 4.57 Å². The molecular weight excluding hydrogens is 229 g/mol. The van der Waals surface area contributed by atoms with Gasteiger partial charge in [0.2, 0.25) is 0 Å². The third kappa shape index (κ3) is 2.92. The molecule has 0 saturated carbocycles. The van der Waals surface area contributed by atoms with Gasteiger partial charge in [-0.2, -0.15) is 0 Å². The summed E-state index contributed by atoms with van der Waals surface area (Å²) in [5, 5.41) is 3.84. The maximum absolute atomic E-state index is 10.8. The van der Waals surface area contributed by atoms with Crippen LogP contribution < -0.4 is 0 Å². The summed E-state index contributed by atoms with van der Waals surface area (Å²) < 4.78 is 10.8. The van der Waals surface area contributed by atoms with Gasteiger partial charge in [-0.15, -0.1) is 0 Å². The van der Waals surface area contributed by atoms with E-state index in [9.17, 15) is 4.57 Å². The Morgan fingerprint density at radius 1 is 1.38 bits per heavy atom. The topological polar surface area (TPSA) is 79.1 Å². The van der Waals surface area contributed by atoms with Crippen LogP contribution in [0.5, 0.6) is 0 Å².